The molecule has 1 aliphatic carbocycles. The monoisotopic (exact) mass is 220 g/mol. The molecule has 0 radical (unpaired) electrons. The lowest BCUT2D eigenvalue weighted by Gasteiger charge is -2.27. The second kappa shape index (κ2) is 4.17. The molecule has 4 nitrogen and oxygen atoms in total. The van der Waals surface area contributed by atoms with Gasteiger partial charge in [-0.05, 0) is 25.7 Å². The Bertz CT molecular complexity index is 356. The zero-order chi connectivity index (χ0) is 11.0. The summed E-state index contributed by atoms with van der Waals surface area (Å²) in [5.41, 5.74) is 0. The summed E-state index contributed by atoms with van der Waals surface area (Å²) in [4.78, 5) is 4.25. The molecule has 0 spiro atoms. The van der Waals surface area contributed by atoms with Gasteiger partial charge in [-0.15, -0.1) is 0 Å². The Morgan fingerprint density at radius 1 is 1.50 bits per heavy atom. The van der Waals surface area contributed by atoms with Gasteiger partial charge in [0.2, 0.25) is 0 Å². The molecule has 0 aromatic carbocycles. The van der Waals surface area contributed by atoms with Gasteiger partial charge in [0.25, 0.3) is 0 Å². The highest BCUT2D eigenvalue weighted by molar-refractivity contribution is 4.93. The second-order valence-electron chi connectivity index (χ2n) is 5.34. The lowest BCUT2D eigenvalue weighted by atomic mass is 10.0. The summed E-state index contributed by atoms with van der Waals surface area (Å²) in [6, 6.07) is 1.24. The summed E-state index contributed by atoms with van der Waals surface area (Å²) >= 11 is 0. The number of aromatic nitrogens is 3. The molecule has 1 aromatic heterocycles. The lowest BCUT2D eigenvalue weighted by Crippen LogP contribution is -2.42. The first kappa shape index (κ1) is 10.3. The number of nitrogens with one attached hydrogen (secondary N) is 1. The SMILES string of the molecule is CC(CC1CC1)NC1CCc2ncnn2C1. The minimum absolute atomic E-state index is 0.586. The van der Waals surface area contributed by atoms with E-state index in [-0.39, 0.29) is 0 Å². The van der Waals surface area contributed by atoms with Crippen LogP contribution in [0.25, 0.3) is 0 Å². The third-order valence-corrected chi connectivity index (χ3v) is 3.71. The van der Waals surface area contributed by atoms with Crippen molar-refractivity contribution in [2.24, 2.45) is 5.92 Å². The quantitative estimate of drug-likeness (QED) is 0.833. The van der Waals surface area contributed by atoms with Crippen molar-refractivity contribution < 1.29 is 0 Å². The average molecular weight is 220 g/mol. The van der Waals surface area contributed by atoms with Gasteiger partial charge in [0, 0.05) is 18.5 Å². The van der Waals surface area contributed by atoms with Gasteiger partial charge in [-0.2, -0.15) is 5.10 Å². The largest absolute Gasteiger partial charge is 0.310 e. The van der Waals surface area contributed by atoms with Crippen LogP contribution in [0.3, 0.4) is 0 Å². The number of hydrogen-bond donors (Lipinski definition) is 1. The van der Waals surface area contributed by atoms with Crippen molar-refractivity contribution in [3.63, 3.8) is 0 Å². The fourth-order valence-electron chi connectivity index (χ4n) is 2.70. The molecule has 1 fully saturated rings. The molecule has 0 saturated heterocycles. The fraction of sp³-hybridized carbons (Fsp3) is 0.833. The first-order valence-corrected chi connectivity index (χ1v) is 6.44. The van der Waals surface area contributed by atoms with Crippen LogP contribution in [0.2, 0.25) is 0 Å². The Kier molecular flexibility index (Phi) is 2.67. The molecule has 2 atom stereocenters. The molecule has 2 unspecified atom stereocenters. The van der Waals surface area contributed by atoms with E-state index in [1.54, 1.807) is 6.33 Å². The summed E-state index contributed by atoms with van der Waals surface area (Å²) in [7, 11) is 0. The van der Waals surface area contributed by atoms with Crippen LogP contribution in [0.15, 0.2) is 6.33 Å². The third kappa shape index (κ3) is 2.26. The van der Waals surface area contributed by atoms with Crippen molar-refractivity contribution >= 4 is 0 Å². The zero-order valence-corrected chi connectivity index (χ0v) is 9.89. The Balaban J connectivity index is 1.52. The van der Waals surface area contributed by atoms with E-state index in [0.29, 0.717) is 12.1 Å². The van der Waals surface area contributed by atoms with Gasteiger partial charge in [-0.1, -0.05) is 12.8 Å². The third-order valence-electron chi connectivity index (χ3n) is 3.71. The van der Waals surface area contributed by atoms with E-state index < -0.39 is 0 Å². The normalized spacial score (nSPS) is 26.4. The highest BCUT2D eigenvalue weighted by Crippen LogP contribution is 2.33. The maximum absolute atomic E-state index is 4.25. The van der Waals surface area contributed by atoms with Crippen molar-refractivity contribution in [3.8, 4) is 0 Å². The molecule has 88 valence electrons. The van der Waals surface area contributed by atoms with E-state index in [1.807, 2.05) is 4.68 Å². The summed E-state index contributed by atoms with van der Waals surface area (Å²) < 4.78 is 2.05. The zero-order valence-electron chi connectivity index (χ0n) is 9.89. The van der Waals surface area contributed by atoms with E-state index in [2.05, 4.69) is 22.3 Å². The highest BCUT2D eigenvalue weighted by atomic mass is 15.3. The van der Waals surface area contributed by atoms with Crippen molar-refractivity contribution in [2.45, 2.75) is 57.7 Å². The Labute approximate surface area is 96.4 Å². The van der Waals surface area contributed by atoms with Gasteiger partial charge in [-0.25, -0.2) is 9.67 Å². The van der Waals surface area contributed by atoms with E-state index in [4.69, 9.17) is 0 Å². The van der Waals surface area contributed by atoms with E-state index in [1.165, 1.54) is 25.7 Å². The maximum atomic E-state index is 4.25. The summed E-state index contributed by atoms with van der Waals surface area (Å²) in [6.07, 6.45) is 8.18. The van der Waals surface area contributed by atoms with E-state index >= 15 is 0 Å². The molecule has 1 aromatic rings. The molecule has 2 aliphatic rings. The van der Waals surface area contributed by atoms with Crippen LogP contribution in [-0.2, 0) is 13.0 Å². The van der Waals surface area contributed by atoms with Crippen molar-refractivity contribution in [1.29, 1.82) is 0 Å². The summed E-state index contributed by atoms with van der Waals surface area (Å²) in [5, 5.41) is 7.99. The predicted molar refractivity (Wildman–Crippen MR) is 62.1 cm³/mol. The average Bonchev–Trinajstić information content (AvgIpc) is 2.95. The molecule has 16 heavy (non-hydrogen) atoms. The molecular weight excluding hydrogens is 200 g/mol. The van der Waals surface area contributed by atoms with Gasteiger partial charge in [0.1, 0.15) is 12.2 Å². The molecule has 2 heterocycles. The molecule has 1 N–H and O–H groups in total. The van der Waals surface area contributed by atoms with Crippen molar-refractivity contribution in [2.75, 3.05) is 0 Å². The van der Waals surface area contributed by atoms with Crippen LogP contribution in [-0.4, -0.2) is 26.8 Å². The van der Waals surface area contributed by atoms with E-state index in [0.717, 1.165) is 24.7 Å². The predicted octanol–water partition coefficient (Wildman–Crippen LogP) is 1.37. The topological polar surface area (TPSA) is 42.7 Å². The number of rotatable bonds is 4. The number of fused-ring (bicyclic) bond motifs is 1. The first-order chi connectivity index (χ1) is 7.81. The molecule has 1 aliphatic heterocycles. The van der Waals surface area contributed by atoms with Crippen LogP contribution >= 0.6 is 0 Å². The maximum Gasteiger partial charge on any atom is 0.138 e. The Morgan fingerprint density at radius 2 is 2.38 bits per heavy atom. The highest BCUT2D eigenvalue weighted by Gasteiger charge is 2.26. The van der Waals surface area contributed by atoms with Gasteiger partial charge in [-0.3, -0.25) is 0 Å². The molecular formula is C12H20N4. The standard InChI is InChI=1S/C12H20N4/c1-9(6-10-2-3-10)15-11-4-5-12-13-8-14-16(12)7-11/h8-11,15H,2-7H2,1H3. The lowest BCUT2D eigenvalue weighted by molar-refractivity contribution is 0.321. The Morgan fingerprint density at radius 3 is 3.19 bits per heavy atom. The second-order valence-corrected chi connectivity index (χ2v) is 5.34. The molecule has 4 heteroatoms. The molecule has 3 rings (SSSR count). The van der Waals surface area contributed by atoms with Gasteiger partial charge >= 0.3 is 0 Å². The first-order valence-electron chi connectivity index (χ1n) is 6.44. The number of hydrogen-bond acceptors (Lipinski definition) is 3. The van der Waals surface area contributed by atoms with Crippen LogP contribution in [0, 0.1) is 5.92 Å². The van der Waals surface area contributed by atoms with Crippen molar-refractivity contribution in [3.05, 3.63) is 12.2 Å². The van der Waals surface area contributed by atoms with Crippen LogP contribution in [0.4, 0.5) is 0 Å². The smallest absolute Gasteiger partial charge is 0.138 e. The number of nitrogens with zero attached hydrogens (tertiary/aromatic N) is 3. The van der Waals surface area contributed by atoms with Crippen LogP contribution < -0.4 is 5.32 Å². The van der Waals surface area contributed by atoms with Gasteiger partial charge in [0.05, 0.1) is 6.54 Å². The van der Waals surface area contributed by atoms with Gasteiger partial charge < -0.3 is 5.32 Å². The fourth-order valence-corrected chi connectivity index (χ4v) is 2.70. The molecule has 1 saturated carbocycles. The van der Waals surface area contributed by atoms with Crippen molar-refractivity contribution in [1.82, 2.24) is 20.1 Å². The minimum Gasteiger partial charge on any atom is -0.310 e. The molecule has 0 bridgehead atoms. The number of aryl methyl sites for hydroxylation is 1. The Hall–Kier alpha value is -0.900. The van der Waals surface area contributed by atoms with Gasteiger partial charge in [0.15, 0.2) is 0 Å². The van der Waals surface area contributed by atoms with Crippen LogP contribution in [0.1, 0.15) is 38.4 Å². The van der Waals surface area contributed by atoms with Crippen LogP contribution in [0.5, 0.6) is 0 Å². The minimum atomic E-state index is 0.586. The van der Waals surface area contributed by atoms with E-state index in [9.17, 15) is 0 Å². The summed E-state index contributed by atoms with van der Waals surface area (Å²) in [6.45, 7) is 3.31. The molecule has 0 amide bonds. The summed E-state index contributed by atoms with van der Waals surface area (Å²) in [5.74, 6) is 2.15.